The normalized spacial score (nSPS) is 17.4. The summed E-state index contributed by atoms with van der Waals surface area (Å²) in [5.41, 5.74) is 6.63. The molecule has 12 heteroatoms. The second-order valence-corrected chi connectivity index (χ2v) is 11.1. The predicted octanol–water partition coefficient (Wildman–Crippen LogP) is 3.31. The molecule has 2 aromatic carbocycles. The summed E-state index contributed by atoms with van der Waals surface area (Å²) in [4.78, 5) is 12.5. The smallest absolute Gasteiger partial charge is 0.335 e. The Hall–Kier alpha value is -2.70. The van der Waals surface area contributed by atoms with Crippen molar-refractivity contribution in [1.29, 1.82) is 0 Å². The number of aromatic carboxylic acids is 1. The van der Waals surface area contributed by atoms with Gasteiger partial charge in [0.2, 0.25) is 0 Å². The lowest BCUT2D eigenvalue weighted by Gasteiger charge is -2.38. The molecule has 0 saturated carbocycles. The van der Waals surface area contributed by atoms with Crippen LogP contribution in [0.25, 0.3) is 0 Å². The van der Waals surface area contributed by atoms with Crippen LogP contribution >= 0.6 is 0 Å². The van der Waals surface area contributed by atoms with Crippen molar-refractivity contribution in [2.75, 3.05) is 30.0 Å². The number of anilines is 2. The van der Waals surface area contributed by atoms with Gasteiger partial charge in [-0.2, -0.15) is 0 Å². The Morgan fingerprint density at radius 1 is 1.29 bits per heavy atom. The zero-order chi connectivity index (χ0) is 25.0. The molecule has 2 atom stereocenters. The Labute approximate surface area is 199 Å². The molecule has 1 fully saturated rings. The molecule has 3 rings (SSSR count). The van der Waals surface area contributed by atoms with Gasteiger partial charge in [-0.05, 0) is 56.4 Å². The van der Waals surface area contributed by atoms with Crippen molar-refractivity contribution in [3.05, 3.63) is 41.7 Å². The first-order chi connectivity index (χ1) is 16.0. The summed E-state index contributed by atoms with van der Waals surface area (Å²) in [5, 5.41) is 9.06. The van der Waals surface area contributed by atoms with Crippen LogP contribution in [0.1, 0.15) is 42.5 Å². The molecule has 2 aromatic rings. The zero-order valence-electron chi connectivity index (χ0n) is 18.6. The van der Waals surface area contributed by atoms with Gasteiger partial charge in [0.1, 0.15) is 21.4 Å². The number of benzene rings is 2. The van der Waals surface area contributed by atoms with Crippen LogP contribution in [0.4, 0.5) is 15.8 Å². The van der Waals surface area contributed by atoms with E-state index in [4.69, 9.17) is 15.6 Å². The Morgan fingerprint density at radius 2 is 2.03 bits per heavy atom. The van der Waals surface area contributed by atoms with Gasteiger partial charge in [0.25, 0.3) is 0 Å². The zero-order valence-corrected chi connectivity index (χ0v) is 20.2. The van der Waals surface area contributed by atoms with Gasteiger partial charge in [-0.15, -0.1) is 0 Å². The molecule has 0 spiro atoms. The summed E-state index contributed by atoms with van der Waals surface area (Å²) in [6, 6.07) is 6.12. The molecule has 1 aliphatic rings. The minimum absolute atomic E-state index is 0.0314. The van der Waals surface area contributed by atoms with Crippen LogP contribution in [-0.4, -0.2) is 53.7 Å². The molecule has 4 N–H and O–H groups in total. The van der Waals surface area contributed by atoms with E-state index < -0.39 is 37.6 Å². The number of hydrogen-bond acceptors (Lipinski definition) is 7. The maximum atomic E-state index is 14.5. The highest BCUT2D eigenvalue weighted by molar-refractivity contribution is 7.90. The van der Waals surface area contributed by atoms with E-state index in [1.165, 1.54) is 18.2 Å². The van der Waals surface area contributed by atoms with Gasteiger partial charge in [-0.25, -0.2) is 21.8 Å². The number of carboxylic acids is 1. The van der Waals surface area contributed by atoms with Crippen LogP contribution in [0.3, 0.4) is 0 Å². The maximum absolute atomic E-state index is 14.5. The molecular weight excluding hydrogens is 487 g/mol. The Balaban J connectivity index is 1.69. The number of hydrogen-bond donors (Lipinski definition) is 3. The molecule has 0 aliphatic carbocycles. The van der Waals surface area contributed by atoms with Gasteiger partial charge in [0.05, 0.1) is 23.5 Å². The van der Waals surface area contributed by atoms with Crippen LogP contribution < -0.4 is 15.4 Å². The summed E-state index contributed by atoms with van der Waals surface area (Å²) in [6.45, 7) is 0.871. The molecule has 1 saturated heterocycles. The molecule has 0 aromatic heterocycles. The van der Waals surface area contributed by atoms with Gasteiger partial charge < -0.3 is 25.0 Å². The minimum atomic E-state index is -3.74. The summed E-state index contributed by atoms with van der Waals surface area (Å²) < 4.78 is 64.8. The monoisotopic (exact) mass is 514 g/mol. The van der Waals surface area contributed by atoms with Gasteiger partial charge >= 0.3 is 5.97 Å². The lowest BCUT2D eigenvalue weighted by molar-refractivity contribution is 0.0696. The van der Waals surface area contributed by atoms with E-state index in [0.29, 0.717) is 25.1 Å². The molecule has 9 nitrogen and oxygen atoms in total. The molecule has 0 bridgehead atoms. The fourth-order valence-corrected chi connectivity index (χ4v) is 5.39. The van der Waals surface area contributed by atoms with Crippen LogP contribution in [0.15, 0.2) is 40.1 Å². The van der Waals surface area contributed by atoms with Crippen molar-refractivity contribution in [1.82, 2.24) is 0 Å². The third kappa shape index (κ3) is 6.05. The van der Waals surface area contributed by atoms with E-state index in [0.717, 1.165) is 37.7 Å². The highest BCUT2D eigenvalue weighted by atomic mass is 32.2. The van der Waals surface area contributed by atoms with Gasteiger partial charge in [-0.1, -0.05) is 0 Å². The number of carboxylic acid groups (broad SMARTS) is 1. The molecule has 186 valence electrons. The number of nitrogens with two attached hydrogens (primary N) is 1. The number of ether oxygens (including phenoxy) is 1. The summed E-state index contributed by atoms with van der Waals surface area (Å²) in [6.07, 6.45) is 4.89. The van der Waals surface area contributed by atoms with Gasteiger partial charge in [-0.3, -0.25) is 0 Å². The van der Waals surface area contributed by atoms with Crippen molar-refractivity contribution in [2.24, 2.45) is 0 Å². The Kier molecular flexibility index (Phi) is 8.16. The molecule has 34 heavy (non-hydrogen) atoms. The number of rotatable bonds is 9. The number of nitrogens with zero attached hydrogens (tertiary/aromatic N) is 1. The van der Waals surface area contributed by atoms with Gasteiger partial charge in [0.15, 0.2) is 20.9 Å². The Bertz CT molecular complexity index is 1200. The summed E-state index contributed by atoms with van der Waals surface area (Å²) in [5.74, 6) is -1.92. The fourth-order valence-electron chi connectivity index (χ4n) is 4.11. The van der Waals surface area contributed by atoms with Crippen molar-refractivity contribution >= 4 is 38.3 Å². The standard InChI is InChI=1S/C22H27FN2O7S2/c1-34(30,31)21-13-17(24)18(12-16(21)23)25-9-3-2-5-15(25)6-4-10-32-19-8-7-14(22(26)27)11-20(19)33(28)29/h7-8,11-13,15H,2-6,9-10,24H2,1H3,(H,26,27)(H,28,29). The second kappa shape index (κ2) is 10.7. The van der Waals surface area contributed by atoms with Crippen molar-refractivity contribution in [3.63, 3.8) is 0 Å². The molecule has 0 amide bonds. The average molecular weight is 515 g/mol. The SMILES string of the molecule is CS(=O)(=O)c1cc(N)c(N2CCCCC2CCCOc2ccc(C(=O)O)cc2S(=O)O)cc1F. The summed E-state index contributed by atoms with van der Waals surface area (Å²) >= 11 is -2.41. The van der Waals surface area contributed by atoms with Crippen LogP contribution in [-0.2, 0) is 20.9 Å². The van der Waals surface area contributed by atoms with Crippen LogP contribution in [0.2, 0.25) is 0 Å². The van der Waals surface area contributed by atoms with Crippen molar-refractivity contribution in [3.8, 4) is 5.75 Å². The first-order valence-corrected chi connectivity index (χ1v) is 13.7. The number of sulfone groups is 1. The lowest BCUT2D eigenvalue weighted by atomic mass is 9.97. The topological polar surface area (TPSA) is 147 Å². The van der Waals surface area contributed by atoms with Crippen LogP contribution in [0.5, 0.6) is 5.75 Å². The number of halogens is 1. The summed E-state index contributed by atoms with van der Waals surface area (Å²) in [7, 11) is -3.74. The van der Waals surface area contributed by atoms with E-state index in [1.807, 2.05) is 4.90 Å². The molecular formula is C22H27FN2O7S2. The minimum Gasteiger partial charge on any atom is -0.492 e. The predicted molar refractivity (Wildman–Crippen MR) is 126 cm³/mol. The molecule has 2 unspecified atom stereocenters. The van der Waals surface area contributed by atoms with E-state index in [2.05, 4.69) is 0 Å². The lowest BCUT2D eigenvalue weighted by Crippen LogP contribution is -2.40. The van der Waals surface area contributed by atoms with Crippen LogP contribution in [0, 0.1) is 5.82 Å². The van der Waals surface area contributed by atoms with E-state index in [1.54, 1.807) is 0 Å². The number of carbonyl (C=O) groups is 1. The van der Waals surface area contributed by atoms with Gasteiger partial charge in [0, 0.05) is 24.9 Å². The quantitative estimate of drug-likeness (QED) is 0.260. The van der Waals surface area contributed by atoms with Crippen molar-refractivity contribution in [2.45, 2.75) is 47.9 Å². The molecule has 1 heterocycles. The van der Waals surface area contributed by atoms with Crippen molar-refractivity contribution < 1.29 is 36.2 Å². The van der Waals surface area contributed by atoms with E-state index >= 15 is 0 Å². The highest BCUT2D eigenvalue weighted by Crippen LogP contribution is 2.34. The highest BCUT2D eigenvalue weighted by Gasteiger charge is 2.26. The van der Waals surface area contributed by atoms with E-state index in [-0.39, 0.29) is 34.5 Å². The first kappa shape index (κ1) is 25.9. The average Bonchev–Trinajstić information content (AvgIpc) is 2.77. The third-order valence-corrected chi connectivity index (χ3v) is 7.54. The molecule has 1 aliphatic heterocycles. The van der Waals surface area contributed by atoms with E-state index in [9.17, 15) is 26.4 Å². The number of nitrogen functional groups attached to an aromatic ring is 1. The largest absolute Gasteiger partial charge is 0.492 e. The third-order valence-electron chi connectivity index (χ3n) is 5.74. The maximum Gasteiger partial charge on any atom is 0.335 e. The molecule has 0 radical (unpaired) electrons. The first-order valence-electron chi connectivity index (χ1n) is 10.7. The second-order valence-electron chi connectivity index (χ2n) is 8.16. The Morgan fingerprint density at radius 3 is 2.68 bits per heavy atom. The number of piperidine rings is 1. The fraction of sp³-hybridized carbons (Fsp3) is 0.409.